The smallest absolute Gasteiger partial charge is 0.287 e. The van der Waals surface area contributed by atoms with Crippen molar-refractivity contribution in [2.24, 2.45) is 0 Å². The van der Waals surface area contributed by atoms with E-state index >= 15 is 0 Å². The van der Waals surface area contributed by atoms with Crippen molar-refractivity contribution < 1.29 is 9.59 Å². The largest absolute Gasteiger partial charge is 0.292 e. The van der Waals surface area contributed by atoms with E-state index in [1.54, 1.807) is 26.0 Å². The number of nitriles is 1. The summed E-state index contributed by atoms with van der Waals surface area (Å²) in [5, 5.41) is 9.15. The number of nitrogens with zero attached hydrogens (tertiary/aromatic N) is 3. The predicted octanol–water partition coefficient (Wildman–Crippen LogP) is 3.46. The zero-order valence-electron chi connectivity index (χ0n) is 16.6. The Balaban J connectivity index is 1.69. The maximum atomic E-state index is 12.7. The average Bonchev–Trinajstić information content (AvgIpc) is 2.96. The molecule has 1 saturated heterocycles. The van der Waals surface area contributed by atoms with Crippen molar-refractivity contribution in [2.45, 2.75) is 20.3 Å². The molecule has 3 rings (SSSR count). The minimum absolute atomic E-state index is 0.0273. The summed E-state index contributed by atoms with van der Waals surface area (Å²) in [5.41, 5.74) is 3.78. The summed E-state index contributed by atoms with van der Waals surface area (Å²) in [5.74, 6) is -0.735. The molecule has 2 heterocycles. The van der Waals surface area contributed by atoms with Crippen LogP contribution in [0.5, 0.6) is 0 Å². The number of benzene rings is 1. The maximum Gasteiger partial charge on any atom is 0.287 e. The summed E-state index contributed by atoms with van der Waals surface area (Å²) in [6, 6.07) is 11.0. The topological polar surface area (TPSA) is 95.2 Å². The molecule has 1 aromatic carbocycles. The van der Waals surface area contributed by atoms with Crippen molar-refractivity contribution in [3.8, 4) is 6.07 Å². The number of nitrogens with one attached hydrogen (secondary N) is 1. The highest BCUT2D eigenvalue weighted by Gasteiger charge is 2.32. The molecule has 0 unspecified atom stereocenters. The van der Waals surface area contributed by atoms with Crippen LogP contribution in [-0.4, -0.2) is 32.3 Å². The zero-order valence-corrected chi connectivity index (χ0v) is 19.9. The number of hydrogen-bond acceptors (Lipinski definition) is 6. The molecule has 1 aliphatic rings. The van der Waals surface area contributed by atoms with Gasteiger partial charge in [0, 0.05) is 23.1 Å². The SMILES string of the molecule is Cc1cc(C)n(NC(=O)CCN2C(=O)C(=Cc3cccc(Br)c3)SC2=S)c(=O)c1C#N. The van der Waals surface area contributed by atoms with Gasteiger partial charge >= 0.3 is 0 Å². The molecule has 1 fully saturated rings. The third-order valence-corrected chi connectivity index (χ3v) is 6.39. The van der Waals surface area contributed by atoms with Crippen LogP contribution in [0.1, 0.15) is 28.8 Å². The Morgan fingerprint density at radius 3 is 2.74 bits per heavy atom. The van der Waals surface area contributed by atoms with Gasteiger partial charge in [0.15, 0.2) is 0 Å². The molecular weight excluding hydrogens is 500 g/mol. The van der Waals surface area contributed by atoms with Crippen molar-refractivity contribution in [2.75, 3.05) is 12.0 Å². The molecule has 0 bridgehead atoms. The Hall–Kier alpha value is -2.74. The second kappa shape index (κ2) is 9.60. The average molecular weight is 517 g/mol. The van der Waals surface area contributed by atoms with Crippen molar-refractivity contribution in [3.05, 3.63) is 72.4 Å². The first-order valence-electron chi connectivity index (χ1n) is 9.15. The molecule has 158 valence electrons. The standard InChI is InChI=1S/C21H17BrN4O3S2/c1-12-8-13(2)26(19(28)16(12)11-23)24-18(27)6-7-25-20(29)17(31-21(25)30)10-14-4-3-5-15(22)9-14/h3-5,8-10H,6-7H2,1-2H3,(H,24,27). The van der Waals surface area contributed by atoms with Crippen LogP contribution < -0.4 is 11.0 Å². The van der Waals surface area contributed by atoms with Gasteiger partial charge in [0.05, 0.1) is 4.91 Å². The summed E-state index contributed by atoms with van der Waals surface area (Å²) in [4.78, 5) is 39.4. The molecule has 1 aliphatic heterocycles. The molecule has 1 N–H and O–H groups in total. The lowest BCUT2D eigenvalue weighted by Gasteiger charge is -2.16. The Kier molecular flexibility index (Phi) is 7.10. The zero-order chi connectivity index (χ0) is 22.7. The number of carbonyl (C=O) groups is 2. The quantitative estimate of drug-likeness (QED) is 0.482. The van der Waals surface area contributed by atoms with Gasteiger partial charge in [-0.25, -0.2) is 4.68 Å². The Morgan fingerprint density at radius 2 is 2.06 bits per heavy atom. The number of aromatic nitrogens is 1. The molecular formula is C21H17BrN4O3S2. The van der Waals surface area contributed by atoms with Crippen LogP contribution in [0.2, 0.25) is 0 Å². The summed E-state index contributed by atoms with van der Waals surface area (Å²) in [6.45, 7) is 3.40. The van der Waals surface area contributed by atoms with Gasteiger partial charge in [-0.2, -0.15) is 5.26 Å². The van der Waals surface area contributed by atoms with E-state index < -0.39 is 11.5 Å². The molecule has 10 heteroatoms. The van der Waals surface area contributed by atoms with Gasteiger partial charge in [-0.05, 0) is 49.2 Å². The summed E-state index contributed by atoms with van der Waals surface area (Å²) < 4.78 is 2.31. The lowest BCUT2D eigenvalue weighted by molar-refractivity contribution is -0.122. The van der Waals surface area contributed by atoms with Crippen LogP contribution in [0.25, 0.3) is 6.08 Å². The van der Waals surface area contributed by atoms with Crippen molar-refractivity contribution in [3.63, 3.8) is 0 Å². The summed E-state index contributed by atoms with van der Waals surface area (Å²) in [6.07, 6.45) is 1.70. The number of halogens is 1. The molecule has 31 heavy (non-hydrogen) atoms. The third-order valence-electron chi connectivity index (χ3n) is 4.52. The highest BCUT2D eigenvalue weighted by atomic mass is 79.9. The maximum absolute atomic E-state index is 12.7. The fourth-order valence-corrected chi connectivity index (χ4v) is 4.73. The van der Waals surface area contributed by atoms with Crippen LogP contribution in [0.4, 0.5) is 0 Å². The van der Waals surface area contributed by atoms with Gasteiger partial charge in [-0.3, -0.25) is 24.7 Å². The Bertz CT molecular complexity index is 1230. The molecule has 0 saturated carbocycles. The van der Waals surface area contributed by atoms with Gasteiger partial charge in [-0.15, -0.1) is 0 Å². The van der Waals surface area contributed by atoms with E-state index in [4.69, 9.17) is 17.5 Å². The van der Waals surface area contributed by atoms with E-state index in [1.165, 1.54) is 16.7 Å². The molecule has 0 spiro atoms. The van der Waals surface area contributed by atoms with Crippen LogP contribution in [-0.2, 0) is 9.59 Å². The van der Waals surface area contributed by atoms with Gasteiger partial charge in [0.1, 0.15) is 16.0 Å². The van der Waals surface area contributed by atoms with Crippen LogP contribution >= 0.6 is 39.9 Å². The molecule has 2 aromatic rings. The molecule has 0 aliphatic carbocycles. The lowest BCUT2D eigenvalue weighted by Crippen LogP contribution is -2.38. The molecule has 7 nitrogen and oxygen atoms in total. The molecule has 0 radical (unpaired) electrons. The van der Waals surface area contributed by atoms with Crippen LogP contribution in [0.3, 0.4) is 0 Å². The van der Waals surface area contributed by atoms with E-state index in [0.717, 1.165) is 14.7 Å². The Labute approximate surface area is 196 Å². The minimum Gasteiger partial charge on any atom is -0.292 e. The monoisotopic (exact) mass is 516 g/mol. The molecule has 0 atom stereocenters. The number of amides is 2. The first-order chi connectivity index (χ1) is 14.7. The van der Waals surface area contributed by atoms with Gasteiger partial charge in [0.25, 0.3) is 11.5 Å². The van der Waals surface area contributed by atoms with Gasteiger partial charge < -0.3 is 0 Å². The predicted molar refractivity (Wildman–Crippen MR) is 128 cm³/mol. The number of hydrogen-bond donors (Lipinski definition) is 1. The Morgan fingerprint density at radius 1 is 1.32 bits per heavy atom. The number of rotatable bonds is 5. The number of thioether (sulfide) groups is 1. The van der Waals surface area contributed by atoms with E-state index in [9.17, 15) is 14.4 Å². The van der Waals surface area contributed by atoms with Gasteiger partial charge in [0.2, 0.25) is 5.91 Å². The molecule has 2 amide bonds. The first kappa shape index (κ1) is 22.9. The number of thiocarbonyl (C=S) groups is 1. The second-order valence-corrected chi connectivity index (χ2v) is 9.36. The number of aryl methyl sites for hydroxylation is 2. The van der Waals surface area contributed by atoms with E-state index in [0.29, 0.717) is 20.5 Å². The highest BCUT2D eigenvalue weighted by Crippen LogP contribution is 2.32. The van der Waals surface area contributed by atoms with Gasteiger partial charge in [-0.1, -0.05) is 52.0 Å². The number of carbonyl (C=O) groups excluding carboxylic acids is 2. The van der Waals surface area contributed by atoms with E-state index in [-0.39, 0.29) is 24.4 Å². The summed E-state index contributed by atoms with van der Waals surface area (Å²) >= 11 is 9.88. The van der Waals surface area contributed by atoms with E-state index in [2.05, 4.69) is 21.4 Å². The summed E-state index contributed by atoms with van der Waals surface area (Å²) in [7, 11) is 0. The number of pyridine rings is 1. The third kappa shape index (κ3) is 5.12. The minimum atomic E-state index is -0.587. The van der Waals surface area contributed by atoms with E-state index in [1.807, 2.05) is 30.3 Å². The normalized spacial score (nSPS) is 14.8. The lowest BCUT2D eigenvalue weighted by atomic mass is 10.1. The van der Waals surface area contributed by atoms with Crippen molar-refractivity contribution >= 4 is 62.1 Å². The fourth-order valence-electron chi connectivity index (χ4n) is 3.00. The highest BCUT2D eigenvalue weighted by molar-refractivity contribution is 9.10. The van der Waals surface area contributed by atoms with Crippen molar-refractivity contribution in [1.82, 2.24) is 9.58 Å². The van der Waals surface area contributed by atoms with Crippen LogP contribution in [0, 0.1) is 25.2 Å². The second-order valence-electron chi connectivity index (χ2n) is 6.77. The molecule has 1 aromatic heterocycles. The first-order valence-corrected chi connectivity index (χ1v) is 11.2. The van der Waals surface area contributed by atoms with Crippen LogP contribution in [0.15, 0.2) is 44.5 Å². The van der Waals surface area contributed by atoms with Crippen molar-refractivity contribution in [1.29, 1.82) is 5.26 Å². The fraction of sp³-hybridized carbons (Fsp3) is 0.190.